The van der Waals surface area contributed by atoms with Gasteiger partial charge in [0.2, 0.25) is 5.89 Å². The summed E-state index contributed by atoms with van der Waals surface area (Å²) in [6.07, 6.45) is 6.06. The largest absolute Gasteiger partial charge is 0.371 e. The number of hydrogen-bond donors (Lipinski definition) is 1. The minimum atomic E-state index is -0.168. The zero-order valence-electron chi connectivity index (χ0n) is 16.6. The fraction of sp³-hybridized carbons (Fsp3) is 0.667. The normalized spacial score (nSPS) is 18.9. The van der Waals surface area contributed by atoms with Gasteiger partial charge in [-0.05, 0) is 38.2 Å². The number of guanidine groups is 1. The molecule has 2 aromatic rings. The first-order chi connectivity index (χ1) is 13.1. The number of aliphatic imine (C=N–C) groups is 1. The zero-order valence-corrected chi connectivity index (χ0v) is 16.6. The minimum absolute atomic E-state index is 0.168. The zero-order chi connectivity index (χ0) is 19.2. The molecule has 148 valence electrons. The Labute approximate surface area is 159 Å². The quantitative estimate of drug-likeness (QED) is 0.579. The van der Waals surface area contributed by atoms with Gasteiger partial charge in [-0.15, -0.1) is 0 Å². The van der Waals surface area contributed by atoms with Crippen molar-refractivity contribution in [2.75, 3.05) is 26.7 Å². The molecular weight excluding hydrogens is 346 g/mol. The second-order valence-electron chi connectivity index (χ2n) is 6.87. The van der Waals surface area contributed by atoms with Crippen molar-refractivity contribution in [1.82, 2.24) is 30.1 Å². The molecule has 2 atom stereocenters. The van der Waals surface area contributed by atoms with Gasteiger partial charge in [-0.1, -0.05) is 5.16 Å². The van der Waals surface area contributed by atoms with Crippen LogP contribution in [0.15, 0.2) is 21.9 Å². The summed E-state index contributed by atoms with van der Waals surface area (Å²) in [6.45, 7) is 6.89. The lowest BCUT2D eigenvalue weighted by atomic mass is 10.0. The Bertz CT molecular complexity index is 754. The molecule has 9 heteroatoms. The smallest absolute Gasteiger partial charge is 0.246 e. The standard InChI is InChI=1S/C18H29N7O2/c1-5-26-13(2)17-22-16(27-23-17)10-20-18(19-3)25-7-6-14(12-25)8-15-9-21-24(4)11-15/h9,11,13-14H,5-8,10,12H2,1-4H3,(H,19,20). The first-order valence-corrected chi connectivity index (χ1v) is 9.46. The summed E-state index contributed by atoms with van der Waals surface area (Å²) < 4.78 is 12.6. The van der Waals surface area contributed by atoms with Crippen LogP contribution in [0.5, 0.6) is 0 Å². The van der Waals surface area contributed by atoms with Gasteiger partial charge in [0.25, 0.3) is 0 Å². The molecule has 1 aliphatic heterocycles. The van der Waals surface area contributed by atoms with Crippen molar-refractivity contribution in [3.8, 4) is 0 Å². The summed E-state index contributed by atoms with van der Waals surface area (Å²) in [4.78, 5) is 11.1. The van der Waals surface area contributed by atoms with Gasteiger partial charge in [0, 0.05) is 40.0 Å². The first-order valence-electron chi connectivity index (χ1n) is 9.46. The van der Waals surface area contributed by atoms with Crippen LogP contribution in [0.4, 0.5) is 0 Å². The van der Waals surface area contributed by atoms with Crippen LogP contribution >= 0.6 is 0 Å². The molecule has 0 radical (unpaired) electrons. The molecule has 3 heterocycles. The molecule has 3 rings (SSSR count). The molecule has 0 bridgehead atoms. The average molecular weight is 375 g/mol. The lowest BCUT2D eigenvalue weighted by Gasteiger charge is -2.21. The van der Waals surface area contributed by atoms with Gasteiger partial charge in [0.1, 0.15) is 6.10 Å². The predicted octanol–water partition coefficient (Wildman–Crippen LogP) is 1.54. The van der Waals surface area contributed by atoms with E-state index in [4.69, 9.17) is 9.26 Å². The van der Waals surface area contributed by atoms with Crippen LogP contribution in [0.25, 0.3) is 0 Å². The summed E-state index contributed by atoms with van der Waals surface area (Å²) in [5.74, 6) is 2.57. The molecule has 2 unspecified atom stereocenters. The Morgan fingerprint density at radius 1 is 1.52 bits per heavy atom. The number of nitrogens with zero attached hydrogens (tertiary/aromatic N) is 6. The maximum atomic E-state index is 5.49. The number of aryl methyl sites for hydroxylation is 1. The molecule has 1 aliphatic rings. The van der Waals surface area contributed by atoms with Crippen molar-refractivity contribution in [2.24, 2.45) is 18.0 Å². The van der Waals surface area contributed by atoms with Crippen LogP contribution in [-0.2, 0) is 24.8 Å². The molecule has 1 fully saturated rings. The Morgan fingerprint density at radius 3 is 3.07 bits per heavy atom. The van der Waals surface area contributed by atoms with Crippen LogP contribution in [0, 0.1) is 5.92 Å². The fourth-order valence-electron chi connectivity index (χ4n) is 3.42. The summed E-state index contributed by atoms with van der Waals surface area (Å²) in [5.41, 5.74) is 1.29. The maximum absolute atomic E-state index is 5.49. The molecule has 27 heavy (non-hydrogen) atoms. The highest BCUT2D eigenvalue weighted by Gasteiger charge is 2.25. The fourth-order valence-corrected chi connectivity index (χ4v) is 3.42. The van der Waals surface area contributed by atoms with E-state index in [1.54, 1.807) is 7.05 Å². The van der Waals surface area contributed by atoms with Crippen molar-refractivity contribution in [3.05, 3.63) is 29.7 Å². The third-order valence-corrected chi connectivity index (χ3v) is 4.74. The Hall–Kier alpha value is -2.42. The number of likely N-dealkylation sites (tertiary alicyclic amines) is 1. The Kier molecular flexibility index (Phi) is 6.44. The van der Waals surface area contributed by atoms with E-state index in [0.717, 1.165) is 31.9 Å². The maximum Gasteiger partial charge on any atom is 0.246 e. The predicted molar refractivity (Wildman–Crippen MR) is 101 cm³/mol. The first kappa shape index (κ1) is 19.3. The molecular formula is C18H29N7O2. The van der Waals surface area contributed by atoms with Gasteiger partial charge in [0.15, 0.2) is 11.8 Å². The number of ether oxygens (including phenoxy) is 1. The van der Waals surface area contributed by atoms with E-state index in [1.165, 1.54) is 5.56 Å². The van der Waals surface area contributed by atoms with Gasteiger partial charge in [0.05, 0.1) is 12.7 Å². The van der Waals surface area contributed by atoms with E-state index in [9.17, 15) is 0 Å². The summed E-state index contributed by atoms with van der Waals surface area (Å²) >= 11 is 0. The number of hydrogen-bond acceptors (Lipinski definition) is 6. The molecule has 0 spiro atoms. The van der Waals surface area contributed by atoms with Crippen molar-refractivity contribution in [3.63, 3.8) is 0 Å². The van der Waals surface area contributed by atoms with Crippen molar-refractivity contribution < 1.29 is 9.26 Å². The second kappa shape index (κ2) is 8.98. The Balaban J connectivity index is 1.49. The summed E-state index contributed by atoms with van der Waals surface area (Å²) in [6, 6.07) is 0. The molecule has 0 saturated carbocycles. The minimum Gasteiger partial charge on any atom is -0.371 e. The summed E-state index contributed by atoms with van der Waals surface area (Å²) in [7, 11) is 3.75. The second-order valence-corrected chi connectivity index (χ2v) is 6.87. The van der Waals surface area contributed by atoms with Gasteiger partial charge in [-0.25, -0.2) is 0 Å². The third-order valence-electron chi connectivity index (χ3n) is 4.74. The van der Waals surface area contributed by atoms with E-state index in [1.807, 2.05) is 31.8 Å². The molecule has 0 aliphatic carbocycles. The molecule has 0 amide bonds. The van der Waals surface area contributed by atoms with Crippen LogP contribution in [0.3, 0.4) is 0 Å². The average Bonchev–Trinajstić information content (AvgIpc) is 3.38. The van der Waals surface area contributed by atoms with Crippen LogP contribution in [0.2, 0.25) is 0 Å². The SMILES string of the molecule is CCOC(C)c1noc(CNC(=NC)N2CCC(Cc3cnn(C)c3)C2)n1. The number of aromatic nitrogens is 4. The van der Waals surface area contributed by atoms with Crippen LogP contribution in [0.1, 0.15) is 43.7 Å². The topological polar surface area (TPSA) is 93.6 Å². The van der Waals surface area contributed by atoms with E-state index in [-0.39, 0.29) is 6.10 Å². The molecule has 2 aromatic heterocycles. The van der Waals surface area contributed by atoms with Crippen molar-refractivity contribution in [1.29, 1.82) is 0 Å². The van der Waals surface area contributed by atoms with E-state index < -0.39 is 0 Å². The van der Waals surface area contributed by atoms with Gasteiger partial charge in [-0.2, -0.15) is 10.1 Å². The monoisotopic (exact) mass is 375 g/mol. The van der Waals surface area contributed by atoms with E-state index >= 15 is 0 Å². The Morgan fingerprint density at radius 2 is 2.37 bits per heavy atom. The highest BCUT2D eigenvalue weighted by Crippen LogP contribution is 2.21. The lowest BCUT2D eigenvalue weighted by molar-refractivity contribution is 0.0683. The van der Waals surface area contributed by atoms with Gasteiger partial charge < -0.3 is 19.5 Å². The van der Waals surface area contributed by atoms with Crippen LogP contribution < -0.4 is 5.32 Å². The van der Waals surface area contributed by atoms with Crippen LogP contribution in [-0.4, -0.2) is 57.5 Å². The number of nitrogens with one attached hydrogen (secondary N) is 1. The molecule has 1 N–H and O–H groups in total. The number of rotatable bonds is 7. The third kappa shape index (κ3) is 5.06. The molecule has 1 saturated heterocycles. The highest BCUT2D eigenvalue weighted by molar-refractivity contribution is 5.80. The highest BCUT2D eigenvalue weighted by atomic mass is 16.5. The summed E-state index contributed by atoms with van der Waals surface area (Å²) in [5, 5.41) is 11.6. The van der Waals surface area contributed by atoms with Gasteiger partial charge in [-0.3, -0.25) is 9.67 Å². The van der Waals surface area contributed by atoms with E-state index in [0.29, 0.717) is 30.8 Å². The van der Waals surface area contributed by atoms with Gasteiger partial charge >= 0.3 is 0 Å². The molecule has 0 aromatic carbocycles. The lowest BCUT2D eigenvalue weighted by Crippen LogP contribution is -2.39. The van der Waals surface area contributed by atoms with Crippen molar-refractivity contribution >= 4 is 5.96 Å². The van der Waals surface area contributed by atoms with E-state index in [2.05, 4.69) is 36.6 Å². The van der Waals surface area contributed by atoms with Crippen molar-refractivity contribution in [2.45, 2.75) is 39.3 Å². The molecule has 9 nitrogen and oxygen atoms in total.